The first-order chi connectivity index (χ1) is 12.8. The van der Waals surface area contributed by atoms with Crippen molar-refractivity contribution >= 4 is 39.3 Å². The average molecular weight is 439 g/mol. The molecule has 0 saturated heterocycles. The van der Waals surface area contributed by atoms with Gasteiger partial charge in [-0.2, -0.15) is 0 Å². The second kappa shape index (κ2) is 9.91. The summed E-state index contributed by atoms with van der Waals surface area (Å²) in [6.45, 7) is 3.83. The van der Waals surface area contributed by atoms with Gasteiger partial charge >= 0.3 is 6.09 Å². The van der Waals surface area contributed by atoms with Gasteiger partial charge in [-0.15, -0.1) is 0 Å². The first-order valence-corrected chi connectivity index (χ1v) is 9.04. The van der Waals surface area contributed by atoms with Crippen molar-refractivity contribution in [3.8, 4) is 5.75 Å². The first kappa shape index (κ1) is 20.7. The molecule has 2 N–H and O–H groups in total. The summed E-state index contributed by atoms with van der Waals surface area (Å²) in [4.78, 5) is 23.7. The van der Waals surface area contributed by atoms with Gasteiger partial charge in [-0.05, 0) is 42.3 Å². The molecule has 0 aliphatic carbocycles. The minimum atomic E-state index is -0.568. The van der Waals surface area contributed by atoms with Crippen LogP contribution in [0.3, 0.4) is 0 Å². The van der Waals surface area contributed by atoms with Crippen LogP contribution in [-0.4, -0.2) is 25.2 Å². The number of hydrogen-bond acceptors (Lipinski definition) is 4. The molecular weight excluding hydrogens is 419 g/mol. The molecule has 0 bridgehead atoms. The lowest BCUT2D eigenvalue weighted by Gasteiger charge is -2.11. The lowest BCUT2D eigenvalue weighted by molar-refractivity contribution is -0.118. The zero-order valence-electron chi connectivity index (χ0n) is 14.9. The SMILES string of the molecule is CC(C)COC(=O)Nc1cccc(NC(=O)COc2ccc(Br)cc2F)c1. The standard InChI is InChI=1S/C19H20BrFN2O4/c1-12(2)10-27-19(25)23-15-5-3-4-14(9-15)22-18(24)11-26-17-7-6-13(20)8-16(17)21/h3-9,12H,10-11H2,1-2H3,(H,22,24)(H,23,25). The Morgan fingerprint density at radius 1 is 1.11 bits per heavy atom. The minimum absolute atomic E-state index is 0.0170. The molecule has 144 valence electrons. The molecule has 2 rings (SSSR count). The molecule has 2 amide bonds. The van der Waals surface area contributed by atoms with Crippen molar-refractivity contribution in [1.82, 2.24) is 0 Å². The van der Waals surface area contributed by atoms with Crippen LogP contribution in [0, 0.1) is 11.7 Å². The van der Waals surface area contributed by atoms with E-state index in [1.54, 1.807) is 30.3 Å². The summed E-state index contributed by atoms with van der Waals surface area (Å²) >= 11 is 3.15. The lowest BCUT2D eigenvalue weighted by Crippen LogP contribution is -2.21. The number of carbonyl (C=O) groups excluding carboxylic acids is 2. The fourth-order valence-corrected chi connectivity index (χ4v) is 2.34. The van der Waals surface area contributed by atoms with Gasteiger partial charge < -0.3 is 14.8 Å². The van der Waals surface area contributed by atoms with Gasteiger partial charge in [-0.3, -0.25) is 10.1 Å². The Kier molecular flexibility index (Phi) is 7.60. The fraction of sp³-hybridized carbons (Fsp3) is 0.263. The quantitative estimate of drug-likeness (QED) is 0.649. The number of amides is 2. The largest absolute Gasteiger partial charge is 0.481 e. The first-order valence-electron chi connectivity index (χ1n) is 8.25. The van der Waals surface area contributed by atoms with Crippen LogP contribution < -0.4 is 15.4 Å². The van der Waals surface area contributed by atoms with Gasteiger partial charge in [-0.1, -0.05) is 35.8 Å². The molecule has 0 atom stereocenters. The summed E-state index contributed by atoms with van der Waals surface area (Å²) in [5, 5.41) is 5.20. The normalized spacial score (nSPS) is 10.4. The van der Waals surface area contributed by atoms with E-state index >= 15 is 0 Å². The van der Waals surface area contributed by atoms with Crippen LogP contribution in [0.1, 0.15) is 13.8 Å². The maximum Gasteiger partial charge on any atom is 0.411 e. The zero-order chi connectivity index (χ0) is 19.8. The molecule has 8 heteroatoms. The number of hydrogen-bond donors (Lipinski definition) is 2. The Morgan fingerprint density at radius 2 is 1.81 bits per heavy atom. The Hall–Kier alpha value is -2.61. The maximum atomic E-state index is 13.7. The van der Waals surface area contributed by atoms with Crippen molar-refractivity contribution in [2.24, 2.45) is 5.92 Å². The number of halogens is 2. The van der Waals surface area contributed by atoms with Crippen LogP contribution in [0.15, 0.2) is 46.9 Å². The number of nitrogens with one attached hydrogen (secondary N) is 2. The summed E-state index contributed by atoms with van der Waals surface area (Å²) in [6.07, 6.45) is -0.568. The van der Waals surface area contributed by atoms with E-state index in [9.17, 15) is 14.0 Å². The molecule has 2 aromatic rings. The summed E-state index contributed by atoms with van der Waals surface area (Å²) in [7, 11) is 0. The Morgan fingerprint density at radius 3 is 2.48 bits per heavy atom. The topological polar surface area (TPSA) is 76.7 Å². The molecule has 0 radical (unpaired) electrons. The van der Waals surface area contributed by atoms with Gasteiger partial charge in [-0.25, -0.2) is 9.18 Å². The third-order valence-corrected chi connectivity index (χ3v) is 3.69. The van der Waals surface area contributed by atoms with Crippen molar-refractivity contribution in [2.75, 3.05) is 23.8 Å². The predicted molar refractivity (Wildman–Crippen MR) is 104 cm³/mol. The van der Waals surface area contributed by atoms with Gasteiger partial charge in [0.25, 0.3) is 5.91 Å². The third-order valence-electron chi connectivity index (χ3n) is 3.19. The van der Waals surface area contributed by atoms with Gasteiger partial charge in [0.15, 0.2) is 18.2 Å². The van der Waals surface area contributed by atoms with Crippen molar-refractivity contribution in [3.05, 3.63) is 52.8 Å². The zero-order valence-corrected chi connectivity index (χ0v) is 16.5. The molecule has 0 aromatic heterocycles. The molecule has 2 aromatic carbocycles. The van der Waals surface area contributed by atoms with E-state index in [0.29, 0.717) is 22.5 Å². The van der Waals surface area contributed by atoms with Crippen molar-refractivity contribution in [1.29, 1.82) is 0 Å². The lowest BCUT2D eigenvalue weighted by atomic mass is 10.2. The fourth-order valence-electron chi connectivity index (χ4n) is 2.00. The van der Waals surface area contributed by atoms with Crippen LogP contribution in [-0.2, 0) is 9.53 Å². The molecule has 0 unspecified atom stereocenters. The molecule has 0 aliphatic rings. The van der Waals surface area contributed by atoms with E-state index < -0.39 is 17.8 Å². The molecule has 27 heavy (non-hydrogen) atoms. The molecule has 0 spiro atoms. The summed E-state index contributed by atoms with van der Waals surface area (Å²) < 4.78 is 24.5. The summed E-state index contributed by atoms with van der Waals surface area (Å²) in [6, 6.07) is 10.9. The van der Waals surface area contributed by atoms with Gasteiger partial charge in [0, 0.05) is 15.8 Å². The Labute approximate surface area is 165 Å². The number of carbonyl (C=O) groups is 2. The molecule has 0 aliphatic heterocycles. The van der Waals surface area contributed by atoms with E-state index in [-0.39, 0.29) is 18.3 Å². The van der Waals surface area contributed by atoms with Crippen molar-refractivity contribution in [2.45, 2.75) is 13.8 Å². The van der Waals surface area contributed by atoms with Gasteiger partial charge in [0.1, 0.15) is 0 Å². The van der Waals surface area contributed by atoms with Crippen molar-refractivity contribution in [3.63, 3.8) is 0 Å². The van der Waals surface area contributed by atoms with Crippen LogP contribution in [0.25, 0.3) is 0 Å². The maximum absolute atomic E-state index is 13.7. The highest BCUT2D eigenvalue weighted by Crippen LogP contribution is 2.21. The van der Waals surface area contributed by atoms with Crippen LogP contribution in [0.4, 0.5) is 20.6 Å². The highest BCUT2D eigenvalue weighted by atomic mass is 79.9. The van der Waals surface area contributed by atoms with Crippen LogP contribution in [0.5, 0.6) is 5.75 Å². The van der Waals surface area contributed by atoms with E-state index in [4.69, 9.17) is 9.47 Å². The Bertz CT molecular complexity index is 814. The summed E-state index contributed by atoms with van der Waals surface area (Å²) in [5.74, 6) is -0.811. The molecule has 0 saturated carbocycles. The predicted octanol–water partition coefficient (Wildman–Crippen LogP) is 4.81. The van der Waals surface area contributed by atoms with E-state index in [2.05, 4.69) is 26.6 Å². The molecule has 0 heterocycles. The van der Waals surface area contributed by atoms with Crippen molar-refractivity contribution < 1.29 is 23.5 Å². The molecular formula is C19H20BrFN2O4. The van der Waals surface area contributed by atoms with E-state index in [1.807, 2.05) is 13.8 Å². The number of anilines is 2. The minimum Gasteiger partial charge on any atom is -0.481 e. The third kappa shape index (κ3) is 7.26. The second-order valence-corrected chi connectivity index (χ2v) is 7.03. The molecule has 6 nitrogen and oxygen atoms in total. The monoisotopic (exact) mass is 438 g/mol. The number of benzene rings is 2. The smallest absolute Gasteiger partial charge is 0.411 e. The van der Waals surface area contributed by atoms with Gasteiger partial charge in [0.05, 0.1) is 6.61 Å². The van der Waals surface area contributed by atoms with Crippen LogP contribution in [0.2, 0.25) is 0 Å². The highest BCUT2D eigenvalue weighted by Gasteiger charge is 2.09. The number of ether oxygens (including phenoxy) is 2. The van der Waals surface area contributed by atoms with E-state index in [0.717, 1.165) is 0 Å². The van der Waals surface area contributed by atoms with Gasteiger partial charge in [0.2, 0.25) is 0 Å². The summed E-state index contributed by atoms with van der Waals surface area (Å²) in [5.41, 5.74) is 0.933. The highest BCUT2D eigenvalue weighted by molar-refractivity contribution is 9.10. The second-order valence-electron chi connectivity index (χ2n) is 6.11. The average Bonchev–Trinajstić information content (AvgIpc) is 2.59. The molecule has 0 fully saturated rings. The van der Waals surface area contributed by atoms with E-state index in [1.165, 1.54) is 12.1 Å². The van der Waals surface area contributed by atoms with Crippen LogP contribution >= 0.6 is 15.9 Å². The Balaban J connectivity index is 1.87. The number of rotatable bonds is 7.